The molecule has 2 heterocycles. The maximum absolute atomic E-state index is 12.7. The van der Waals surface area contributed by atoms with Gasteiger partial charge >= 0.3 is 12.1 Å². The minimum Gasteiger partial charge on any atom is -0.477 e. The van der Waals surface area contributed by atoms with E-state index in [4.69, 9.17) is 9.16 Å². The van der Waals surface area contributed by atoms with Crippen LogP contribution < -0.4 is 10.2 Å². The van der Waals surface area contributed by atoms with Crippen molar-refractivity contribution in [2.24, 2.45) is 0 Å². The van der Waals surface area contributed by atoms with E-state index in [1.807, 2.05) is 55.5 Å². The van der Waals surface area contributed by atoms with Gasteiger partial charge in [-0.25, -0.2) is 14.6 Å². The van der Waals surface area contributed by atoms with Crippen LogP contribution >= 0.6 is 0 Å². The minimum atomic E-state index is -1.87. The standard InChI is InChI=1S/C38H43N3O5Si/c1-24-29(13-10-14-33(24)40-37(44)45-23-25-11-8-7-9-12-25)32-21-39-35(36(42)43)31-20-26-19-27(15-16-30(26)34(31)32)41-18-17-28(22-41)46-47(5,6)38(2,3)4/h7-16,19,21,28H,17-18,20,22-23H2,1-6H3,(H,40,44)(H,42,43). The third kappa shape index (κ3) is 6.55. The maximum Gasteiger partial charge on any atom is 0.411 e. The van der Waals surface area contributed by atoms with Crippen molar-refractivity contribution in [3.63, 3.8) is 0 Å². The zero-order valence-corrected chi connectivity index (χ0v) is 29.0. The summed E-state index contributed by atoms with van der Waals surface area (Å²) in [6, 6.07) is 21.7. The first-order valence-electron chi connectivity index (χ1n) is 16.2. The molecule has 0 spiro atoms. The zero-order chi connectivity index (χ0) is 33.5. The number of anilines is 2. The number of fused-ring (bicyclic) bond motifs is 3. The summed E-state index contributed by atoms with van der Waals surface area (Å²) in [7, 11) is -1.87. The number of ether oxygens (including phenoxy) is 1. The van der Waals surface area contributed by atoms with Gasteiger partial charge in [-0.2, -0.15) is 0 Å². The third-order valence-electron chi connectivity index (χ3n) is 9.96. The number of carbonyl (C=O) groups excluding carboxylic acids is 1. The number of pyridine rings is 1. The predicted molar refractivity (Wildman–Crippen MR) is 189 cm³/mol. The highest BCUT2D eigenvalue weighted by atomic mass is 28.4. The minimum absolute atomic E-state index is 0.0712. The molecule has 0 radical (unpaired) electrons. The monoisotopic (exact) mass is 649 g/mol. The molecule has 8 nitrogen and oxygen atoms in total. The lowest BCUT2D eigenvalue weighted by Crippen LogP contribution is -2.44. The Labute approximate surface area is 277 Å². The third-order valence-corrected chi connectivity index (χ3v) is 14.5. The summed E-state index contributed by atoms with van der Waals surface area (Å²) in [5.74, 6) is -1.04. The van der Waals surface area contributed by atoms with Gasteiger partial charge in [0, 0.05) is 42.6 Å². The van der Waals surface area contributed by atoms with Crippen molar-refractivity contribution in [2.75, 3.05) is 23.3 Å². The zero-order valence-electron chi connectivity index (χ0n) is 28.0. The van der Waals surface area contributed by atoms with Crippen molar-refractivity contribution in [3.8, 4) is 22.3 Å². The number of carboxylic acid groups (broad SMARTS) is 1. The van der Waals surface area contributed by atoms with E-state index in [1.54, 1.807) is 6.20 Å². The van der Waals surface area contributed by atoms with Crippen LogP contribution in [0.4, 0.5) is 16.2 Å². The maximum atomic E-state index is 12.7. The van der Waals surface area contributed by atoms with E-state index in [9.17, 15) is 14.7 Å². The van der Waals surface area contributed by atoms with Gasteiger partial charge in [0.15, 0.2) is 14.0 Å². The second-order valence-electron chi connectivity index (χ2n) is 14.1. The van der Waals surface area contributed by atoms with Crippen molar-refractivity contribution < 1.29 is 23.9 Å². The SMILES string of the molecule is Cc1c(NC(=O)OCc2ccccc2)cccc1-c1cnc(C(=O)O)c2c1-c1ccc(N3CCC(O[Si](C)(C)C(C)(C)C)C3)cc1C2. The average Bonchev–Trinajstić information content (AvgIpc) is 3.65. The molecule has 1 unspecified atom stereocenters. The first-order chi connectivity index (χ1) is 22.3. The lowest BCUT2D eigenvalue weighted by atomic mass is 9.92. The van der Waals surface area contributed by atoms with Crippen LogP contribution in [0.3, 0.4) is 0 Å². The lowest BCUT2D eigenvalue weighted by Gasteiger charge is -2.38. The van der Waals surface area contributed by atoms with Gasteiger partial charge in [-0.3, -0.25) is 5.32 Å². The topological polar surface area (TPSA) is 101 Å². The molecule has 2 N–H and O–H groups in total. The number of nitrogens with one attached hydrogen (secondary N) is 1. The molecule has 1 fully saturated rings. The largest absolute Gasteiger partial charge is 0.477 e. The second kappa shape index (κ2) is 12.6. The number of aromatic nitrogens is 1. The van der Waals surface area contributed by atoms with Crippen molar-refractivity contribution in [2.45, 2.75) is 71.4 Å². The van der Waals surface area contributed by atoms with Crippen molar-refractivity contribution in [1.82, 2.24) is 4.98 Å². The molecule has 2 aliphatic rings. The van der Waals surface area contributed by atoms with Gasteiger partial charge in [0.2, 0.25) is 0 Å². The molecule has 1 amide bonds. The quantitative estimate of drug-likeness (QED) is 0.162. The molecule has 0 bridgehead atoms. The number of carboxylic acids is 1. The first kappa shape index (κ1) is 32.5. The number of rotatable bonds is 8. The molecule has 1 saturated heterocycles. The van der Waals surface area contributed by atoms with Crippen LogP contribution in [0, 0.1) is 6.92 Å². The van der Waals surface area contributed by atoms with E-state index >= 15 is 0 Å². The van der Waals surface area contributed by atoms with E-state index in [-0.39, 0.29) is 23.4 Å². The summed E-state index contributed by atoms with van der Waals surface area (Å²) in [5.41, 5.74) is 8.94. The number of benzene rings is 3. The molecule has 3 aromatic carbocycles. The van der Waals surface area contributed by atoms with Crippen LogP contribution in [0.5, 0.6) is 0 Å². The Kier molecular flexibility index (Phi) is 8.72. The number of hydrogen-bond donors (Lipinski definition) is 2. The highest BCUT2D eigenvalue weighted by molar-refractivity contribution is 6.74. The van der Waals surface area contributed by atoms with Crippen molar-refractivity contribution >= 4 is 31.8 Å². The van der Waals surface area contributed by atoms with E-state index < -0.39 is 20.4 Å². The van der Waals surface area contributed by atoms with Crippen LogP contribution in [0.1, 0.15) is 59.9 Å². The molecule has 1 atom stereocenters. The molecule has 47 heavy (non-hydrogen) atoms. The van der Waals surface area contributed by atoms with E-state index in [2.05, 4.69) is 67.3 Å². The van der Waals surface area contributed by atoms with Gasteiger partial charge < -0.3 is 19.2 Å². The van der Waals surface area contributed by atoms with E-state index in [1.165, 1.54) is 0 Å². The lowest BCUT2D eigenvalue weighted by molar-refractivity contribution is 0.0689. The summed E-state index contributed by atoms with van der Waals surface area (Å²) in [6.45, 7) is 15.3. The van der Waals surface area contributed by atoms with Crippen LogP contribution in [0.25, 0.3) is 22.3 Å². The molecule has 9 heteroatoms. The van der Waals surface area contributed by atoms with Gasteiger partial charge in [0.05, 0.1) is 6.10 Å². The fourth-order valence-electron chi connectivity index (χ4n) is 6.36. The molecule has 1 aliphatic carbocycles. The molecule has 0 saturated carbocycles. The fraction of sp³-hybridized carbons (Fsp3) is 0.342. The van der Waals surface area contributed by atoms with E-state index in [0.29, 0.717) is 17.7 Å². The number of nitrogens with zero attached hydrogens (tertiary/aromatic N) is 2. The smallest absolute Gasteiger partial charge is 0.411 e. The Hall–Kier alpha value is -4.47. The molecular weight excluding hydrogens is 607 g/mol. The normalized spacial score (nSPS) is 15.7. The summed E-state index contributed by atoms with van der Waals surface area (Å²) in [5, 5.41) is 13.1. The van der Waals surface area contributed by atoms with Crippen molar-refractivity contribution in [1.29, 1.82) is 0 Å². The highest BCUT2D eigenvalue weighted by Gasteiger charge is 2.40. The highest BCUT2D eigenvalue weighted by Crippen LogP contribution is 2.46. The predicted octanol–water partition coefficient (Wildman–Crippen LogP) is 8.68. The number of hydrogen-bond acceptors (Lipinski definition) is 6. The average molecular weight is 650 g/mol. The van der Waals surface area contributed by atoms with E-state index in [0.717, 1.165) is 64.1 Å². The van der Waals surface area contributed by atoms with Crippen LogP contribution in [-0.4, -0.2) is 49.7 Å². The second-order valence-corrected chi connectivity index (χ2v) is 18.9. The summed E-state index contributed by atoms with van der Waals surface area (Å²) in [4.78, 5) is 31.8. The number of carbonyl (C=O) groups is 2. The van der Waals surface area contributed by atoms with Crippen LogP contribution in [-0.2, 0) is 22.2 Å². The Morgan fingerprint density at radius 2 is 1.79 bits per heavy atom. The first-order valence-corrected chi connectivity index (χ1v) is 19.1. The summed E-state index contributed by atoms with van der Waals surface area (Å²) >= 11 is 0. The Morgan fingerprint density at radius 3 is 2.51 bits per heavy atom. The molecule has 1 aliphatic heterocycles. The van der Waals surface area contributed by atoms with Crippen LogP contribution in [0.2, 0.25) is 18.1 Å². The number of aromatic carboxylic acids is 1. The Bertz CT molecular complexity index is 1830. The van der Waals surface area contributed by atoms with Crippen molar-refractivity contribution in [3.05, 3.63) is 101 Å². The Morgan fingerprint density at radius 1 is 1.02 bits per heavy atom. The summed E-state index contributed by atoms with van der Waals surface area (Å²) in [6.07, 6.45) is 2.78. The summed E-state index contributed by atoms with van der Waals surface area (Å²) < 4.78 is 12.2. The van der Waals surface area contributed by atoms with Gasteiger partial charge in [0.1, 0.15) is 6.61 Å². The Balaban J connectivity index is 1.27. The molecule has 4 aromatic rings. The number of amides is 1. The molecule has 1 aromatic heterocycles. The molecular formula is C38H43N3O5Si. The molecule has 244 valence electrons. The van der Waals surface area contributed by atoms with Crippen LogP contribution in [0.15, 0.2) is 72.9 Å². The molecule has 6 rings (SSSR count). The van der Waals surface area contributed by atoms with Gasteiger partial charge in [0.25, 0.3) is 0 Å². The van der Waals surface area contributed by atoms with Gasteiger partial charge in [-0.05, 0) is 88.6 Å². The van der Waals surface area contributed by atoms with Gasteiger partial charge in [-0.15, -0.1) is 0 Å². The fourth-order valence-corrected chi connectivity index (χ4v) is 7.74. The van der Waals surface area contributed by atoms with Gasteiger partial charge in [-0.1, -0.05) is 69.3 Å².